The molecule has 3 aromatic rings. The summed E-state index contributed by atoms with van der Waals surface area (Å²) in [5, 5.41) is 4.08. The van der Waals surface area contributed by atoms with Gasteiger partial charge in [-0.2, -0.15) is 0 Å². The number of rotatable bonds is 4. The fraction of sp³-hybridized carbons (Fsp3) is 0.273. The summed E-state index contributed by atoms with van der Waals surface area (Å²) in [4.78, 5) is 22.7. The van der Waals surface area contributed by atoms with E-state index in [-0.39, 0.29) is 11.9 Å². The zero-order valence-electron chi connectivity index (χ0n) is 16.0. The van der Waals surface area contributed by atoms with Gasteiger partial charge >= 0.3 is 0 Å². The molecule has 29 heavy (non-hydrogen) atoms. The number of nitrogens with one attached hydrogen (secondary N) is 1. The molecule has 0 unspecified atom stereocenters. The average Bonchev–Trinajstić information content (AvgIpc) is 3.25. The number of fused-ring (bicyclic) bond motifs is 1. The number of thiazole rings is 1. The number of anilines is 1. The number of hydrogen-bond donors (Lipinski definition) is 1. The van der Waals surface area contributed by atoms with Gasteiger partial charge in [0.2, 0.25) is 5.91 Å². The lowest BCUT2D eigenvalue weighted by Gasteiger charge is -2.42. The molecule has 148 valence electrons. The number of amides is 1. The van der Waals surface area contributed by atoms with Crippen LogP contribution >= 0.6 is 11.3 Å². The second-order valence-electron chi connectivity index (χ2n) is 7.16. The zero-order valence-corrected chi connectivity index (χ0v) is 16.8. The van der Waals surface area contributed by atoms with Gasteiger partial charge in [0, 0.05) is 44.5 Å². The third-order valence-electron chi connectivity index (χ3n) is 5.36. The molecule has 1 atom stereocenters. The van der Waals surface area contributed by atoms with Crippen LogP contribution in [0.25, 0.3) is 10.4 Å². The van der Waals surface area contributed by atoms with E-state index in [4.69, 9.17) is 4.74 Å². The highest BCUT2D eigenvalue weighted by Crippen LogP contribution is 2.38. The minimum absolute atomic E-state index is 0.0847. The first kappa shape index (κ1) is 18.3. The molecule has 2 aromatic carbocycles. The predicted molar refractivity (Wildman–Crippen MR) is 115 cm³/mol. The standard InChI is InChI=1S/C22H22N4O2S/c27-21-18-14-23-10-11-25(18)12-13-26(21)22-24-15-20(29-22)17-8-4-5-9-19(17)28-16-6-2-1-3-7-16/h1-9,15,18,23H,10-14H2/t18-/m0/s1. The Morgan fingerprint density at radius 2 is 1.86 bits per heavy atom. The smallest absolute Gasteiger partial charge is 0.247 e. The Morgan fingerprint density at radius 1 is 1.03 bits per heavy atom. The molecule has 1 N–H and O–H groups in total. The fourth-order valence-electron chi connectivity index (χ4n) is 3.85. The van der Waals surface area contributed by atoms with Gasteiger partial charge < -0.3 is 10.1 Å². The molecule has 2 fully saturated rings. The molecule has 0 saturated carbocycles. The number of benzene rings is 2. The van der Waals surface area contributed by atoms with E-state index in [9.17, 15) is 4.79 Å². The molecular formula is C22H22N4O2S. The van der Waals surface area contributed by atoms with Gasteiger partial charge in [-0.15, -0.1) is 0 Å². The third-order valence-corrected chi connectivity index (χ3v) is 6.42. The lowest BCUT2D eigenvalue weighted by molar-refractivity contribution is -0.126. The summed E-state index contributed by atoms with van der Waals surface area (Å²) < 4.78 is 6.09. The molecule has 1 amide bonds. The van der Waals surface area contributed by atoms with E-state index >= 15 is 0 Å². The number of ether oxygens (including phenoxy) is 1. The summed E-state index contributed by atoms with van der Waals surface area (Å²) in [7, 11) is 0. The molecule has 1 aromatic heterocycles. The first-order valence-electron chi connectivity index (χ1n) is 9.84. The number of nitrogens with zero attached hydrogens (tertiary/aromatic N) is 3. The second kappa shape index (κ2) is 7.94. The molecule has 0 radical (unpaired) electrons. The molecule has 5 rings (SSSR count). The summed E-state index contributed by atoms with van der Waals surface area (Å²) in [6, 6.07) is 17.6. The third kappa shape index (κ3) is 3.64. The molecule has 2 aliphatic heterocycles. The highest BCUT2D eigenvalue weighted by molar-refractivity contribution is 7.19. The van der Waals surface area contributed by atoms with Crippen LogP contribution in [0.5, 0.6) is 11.5 Å². The topological polar surface area (TPSA) is 57.7 Å². The van der Waals surface area contributed by atoms with Crippen LogP contribution in [0.15, 0.2) is 60.8 Å². The largest absolute Gasteiger partial charge is 0.457 e. The Hall–Kier alpha value is -2.74. The molecule has 2 saturated heterocycles. The molecule has 0 spiro atoms. The number of carbonyl (C=O) groups excluding carboxylic acids is 1. The number of para-hydroxylation sites is 2. The van der Waals surface area contributed by atoms with Crippen molar-refractivity contribution in [3.05, 3.63) is 60.8 Å². The van der Waals surface area contributed by atoms with Crippen molar-refractivity contribution in [1.82, 2.24) is 15.2 Å². The highest BCUT2D eigenvalue weighted by atomic mass is 32.1. The maximum absolute atomic E-state index is 13.0. The molecule has 0 aliphatic carbocycles. The second-order valence-corrected chi connectivity index (χ2v) is 8.17. The molecule has 3 heterocycles. The molecule has 7 heteroatoms. The van der Waals surface area contributed by atoms with Crippen molar-refractivity contribution in [2.75, 3.05) is 37.6 Å². The van der Waals surface area contributed by atoms with Crippen LogP contribution in [-0.2, 0) is 4.79 Å². The quantitative estimate of drug-likeness (QED) is 0.721. The minimum atomic E-state index is -0.0847. The van der Waals surface area contributed by atoms with Gasteiger partial charge in [0.15, 0.2) is 5.13 Å². The lowest BCUT2D eigenvalue weighted by atomic mass is 10.1. The van der Waals surface area contributed by atoms with Crippen molar-refractivity contribution in [1.29, 1.82) is 0 Å². The first-order valence-corrected chi connectivity index (χ1v) is 10.7. The van der Waals surface area contributed by atoms with E-state index in [1.165, 1.54) is 11.3 Å². The Morgan fingerprint density at radius 3 is 2.76 bits per heavy atom. The predicted octanol–water partition coefficient (Wildman–Crippen LogP) is 3.22. The van der Waals surface area contributed by atoms with E-state index < -0.39 is 0 Å². The maximum atomic E-state index is 13.0. The van der Waals surface area contributed by atoms with E-state index in [0.717, 1.165) is 46.7 Å². The van der Waals surface area contributed by atoms with Gasteiger partial charge in [-0.3, -0.25) is 14.6 Å². The summed E-state index contributed by atoms with van der Waals surface area (Å²) in [5.41, 5.74) is 0.977. The fourth-order valence-corrected chi connectivity index (χ4v) is 4.83. The van der Waals surface area contributed by atoms with E-state index in [2.05, 4.69) is 15.2 Å². The van der Waals surface area contributed by atoms with Crippen LogP contribution in [0, 0.1) is 0 Å². The van der Waals surface area contributed by atoms with Crippen molar-refractivity contribution in [3.63, 3.8) is 0 Å². The van der Waals surface area contributed by atoms with Crippen LogP contribution in [0.1, 0.15) is 0 Å². The van der Waals surface area contributed by atoms with Crippen molar-refractivity contribution in [2.24, 2.45) is 0 Å². The van der Waals surface area contributed by atoms with Gasteiger partial charge in [0.25, 0.3) is 0 Å². The minimum Gasteiger partial charge on any atom is -0.457 e. The summed E-state index contributed by atoms with van der Waals surface area (Å²) in [6.07, 6.45) is 1.84. The van der Waals surface area contributed by atoms with E-state index in [0.29, 0.717) is 13.1 Å². The zero-order chi connectivity index (χ0) is 19.6. The summed E-state index contributed by atoms with van der Waals surface area (Å²) in [5.74, 6) is 1.71. The molecular weight excluding hydrogens is 384 g/mol. The number of piperazine rings is 2. The van der Waals surface area contributed by atoms with E-state index in [1.807, 2.05) is 65.7 Å². The van der Waals surface area contributed by atoms with Crippen molar-refractivity contribution in [3.8, 4) is 21.9 Å². The maximum Gasteiger partial charge on any atom is 0.247 e. The Kier molecular flexibility index (Phi) is 5.01. The van der Waals surface area contributed by atoms with Gasteiger partial charge in [0.1, 0.15) is 17.5 Å². The van der Waals surface area contributed by atoms with Crippen molar-refractivity contribution in [2.45, 2.75) is 6.04 Å². The molecule has 6 nitrogen and oxygen atoms in total. The number of carbonyl (C=O) groups is 1. The summed E-state index contributed by atoms with van der Waals surface area (Å²) >= 11 is 1.54. The van der Waals surface area contributed by atoms with Crippen LogP contribution < -0.4 is 15.0 Å². The Balaban J connectivity index is 1.40. The molecule has 0 bridgehead atoms. The van der Waals surface area contributed by atoms with Crippen LogP contribution in [-0.4, -0.2) is 54.6 Å². The van der Waals surface area contributed by atoms with Gasteiger partial charge in [0.05, 0.1) is 4.88 Å². The summed E-state index contributed by atoms with van der Waals surface area (Å²) in [6.45, 7) is 4.16. The van der Waals surface area contributed by atoms with Gasteiger partial charge in [-0.05, 0) is 24.3 Å². The van der Waals surface area contributed by atoms with Crippen molar-refractivity contribution >= 4 is 22.4 Å². The molecule has 2 aliphatic rings. The van der Waals surface area contributed by atoms with Crippen LogP contribution in [0.2, 0.25) is 0 Å². The normalized spacial score (nSPS) is 19.8. The average molecular weight is 407 g/mol. The van der Waals surface area contributed by atoms with Gasteiger partial charge in [-0.1, -0.05) is 41.7 Å². The first-order chi connectivity index (χ1) is 14.3. The van der Waals surface area contributed by atoms with Crippen LogP contribution in [0.4, 0.5) is 5.13 Å². The lowest BCUT2D eigenvalue weighted by Crippen LogP contribution is -2.64. The van der Waals surface area contributed by atoms with Gasteiger partial charge in [-0.25, -0.2) is 4.98 Å². The number of aromatic nitrogens is 1. The van der Waals surface area contributed by atoms with Crippen LogP contribution in [0.3, 0.4) is 0 Å². The highest BCUT2D eigenvalue weighted by Gasteiger charge is 2.37. The monoisotopic (exact) mass is 406 g/mol. The SMILES string of the molecule is O=C1[C@@H]2CNCCN2CCN1c1ncc(-c2ccccc2Oc2ccccc2)s1. The van der Waals surface area contributed by atoms with E-state index in [1.54, 1.807) is 0 Å². The number of hydrogen-bond acceptors (Lipinski definition) is 6. The Labute approximate surface area is 173 Å². The Bertz CT molecular complexity index is 1010. The van der Waals surface area contributed by atoms with Crippen molar-refractivity contribution < 1.29 is 9.53 Å².